The molecule has 0 radical (unpaired) electrons. The quantitative estimate of drug-likeness (QED) is 0.230. The van der Waals surface area contributed by atoms with Crippen LogP contribution in [0.15, 0.2) is 104 Å². The minimum Gasteiger partial charge on any atom is -0.484 e. The number of amides is 1. The average molecular weight is 540 g/mol. The molecule has 0 spiro atoms. The van der Waals surface area contributed by atoms with E-state index < -0.39 is 0 Å². The van der Waals surface area contributed by atoms with Gasteiger partial charge in [-0.15, -0.1) is 13.2 Å². The number of benzene rings is 3. The van der Waals surface area contributed by atoms with Crippen molar-refractivity contribution in [2.24, 2.45) is 4.99 Å². The topological polar surface area (TPSA) is 45.1 Å². The normalized spacial score (nSPS) is 14.1. The number of carbonyl (C=O) groups is 1. The van der Waals surface area contributed by atoms with Gasteiger partial charge in [0.05, 0.1) is 5.69 Å². The molecule has 5 nitrogen and oxygen atoms in total. The number of aliphatic imine (C=N–C) groups is 1. The van der Waals surface area contributed by atoms with Crippen LogP contribution in [0.4, 0.5) is 5.69 Å². The van der Waals surface area contributed by atoms with Crippen LogP contribution >= 0.6 is 0 Å². The van der Waals surface area contributed by atoms with E-state index in [0.717, 1.165) is 41.4 Å². The van der Waals surface area contributed by atoms with Crippen LogP contribution in [0.25, 0.3) is 5.57 Å². The summed E-state index contributed by atoms with van der Waals surface area (Å²) in [7, 11) is 0. The highest BCUT2D eigenvalue weighted by Gasteiger charge is 2.25. The summed E-state index contributed by atoms with van der Waals surface area (Å²) in [6, 6.07) is 26.3. The van der Waals surface area contributed by atoms with E-state index in [9.17, 15) is 4.79 Å². The van der Waals surface area contributed by atoms with Crippen molar-refractivity contribution in [1.82, 2.24) is 9.80 Å². The molecular formula is C35H45N3O2. The first kappa shape index (κ1) is 32.3. The molecule has 3 aromatic carbocycles. The highest BCUT2D eigenvalue weighted by Crippen LogP contribution is 2.25. The second-order valence-corrected chi connectivity index (χ2v) is 9.90. The fraction of sp³-hybridized carbons (Fsp3) is 0.314. The van der Waals surface area contributed by atoms with Crippen LogP contribution in [0, 0.1) is 13.8 Å². The highest BCUT2D eigenvalue weighted by molar-refractivity contribution is 5.90. The molecular weight excluding hydrogens is 494 g/mol. The van der Waals surface area contributed by atoms with Gasteiger partial charge in [-0.05, 0) is 58.4 Å². The summed E-state index contributed by atoms with van der Waals surface area (Å²) in [5.74, 6) is 0.765. The molecule has 0 N–H and O–H groups in total. The lowest BCUT2D eigenvalue weighted by Gasteiger charge is -2.38. The van der Waals surface area contributed by atoms with E-state index in [4.69, 9.17) is 9.73 Å². The average Bonchev–Trinajstić information content (AvgIpc) is 2.98. The van der Waals surface area contributed by atoms with Crippen LogP contribution in [-0.4, -0.2) is 60.2 Å². The zero-order valence-electron chi connectivity index (χ0n) is 24.9. The lowest BCUT2D eigenvalue weighted by Crippen LogP contribution is -2.53. The third-order valence-corrected chi connectivity index (χ3v) is 6.80. The molecule has 3 aromatic rings. The number of carbonyl (C=O) groups excluding carboxylic acids is 1. The molecule has 1 unspecified atom stereocenters. The van der Waals surface area contributed by atoms with Crippen molar-refractivity contribution in [1.29, 1.82) is 0 Å². The van der Waals surface area contributed by atoms with E-state index in [1.807, 2.05) is 79.4 Å². The predicted octanol–water partition coefficient (Wildman–Crippen LogP) is 7.53. The molecule has 1 saturated heterocycles. The van der Waals surface area contributed by atoms with Gasteiger partial charge in [-0.3, -0.25) is 14.7 Å². The standard InChI is InChI=1S/C26H33N3O2.C7H8.C2H4/c1-19(2)24-8-6-7-9-25(24)27-21(4)22(5)28-14-16-29(17-15-28)26(30)18-31-23-12-10-20(3)11-13-23;1-7-5-3-2-4-6-7;1-2/h6-13,22H,1,14-18H2,2-5H3;2-6H,1H3;1-2H2. The number of hydrogen-bond acceptors (Lipinski definition) is 4. The Balaban J connectivity index is 0.000000534. The number of para-hydroxylation sites is 1. The van der Waals surface area contributed by atoms with Crippen molar-refractivity contribution in [2.45, 2.75) is 40.7 Å². The first-order chi connectivity index (χ1) is 19.2. The Labute approximate surface area is 241 Å². The third-order valence-electron chi connectivity index (χ3n) is 6.80. The van der Waals surface area contributed by atoms with Gasteiger partial charge in [0, 0.05) is 43.5 Å². The summed E-state index contributed by atoms with van der Waals surface area (Å²) in [5.41, 5.74) is 6.61. The summed E-state index contributed by atoms with van der Waals surface area (Å²) in [5, 5.41) is 0. The SMILES string of the molecule is C=C.C=C(C)c1ccccc1N=C(C)C(C)N1CCN(C(=O)COc2ccc(C)cc2)CC1.Cc1ccccc1. The van der Waals surface area contributed by atoms with Crippen molar-refractivity contribution in [3.8, 4) is 5.75 Å². The maximum Gasteiger partial charge on any atom is 0.260 e. The predicted molar refractivity (Wildman–Crippen MR) is 171 cm³/mol. The lowest BCUT2D eigenvalue weighted by molar-refractivity contribution is -0.135. The number of allylic oxidation sites excluding steroid dienone is 1. The minimum absolute atomic E-state index is 0.0358. The fourth-order valence-corrected chi connectivity index (χ4v) is 4.24. The monoisotopic (exact) mass is 539 g/mol. The van der Waals surface area contributed by atoms with Gasteiger partial charge in [-0.2, -0.15) is 0 Å². The van der Waals surface area contributed by atoms with Crippen molar-refractivity contribution in [3.05, 3.63) is 115 Å². The molecule has 5 heteroatoms. The second-order valence-electron chi connectivity index (χ2n) is 9.90. The summed E-state index contributed by atoms with van der Waals surface area (Å²) in [6.45, 7) is 23.6. The summed E-state index contributed by atoms with van der Waals surface area (Å²) in [4.78, 5) is 21.7. The van der Waals surface area contributed by atoms with Gasteiger partial charge in [0.1, 0.15) is 5.75 Å². The van der Waals surface area contributed by atoms with E-state index >= 15 is 0 Å². The molecule has 4 rings (SSSR count). The first-order valence-corrected chi connectivity index (χ1v) is 13.8. The van der Waals surface area contributed by atoms with E-state index in [0.29, 0.717) is 13.1 Å². The maximum absolute atomic E-state index is 12.5. The molecule has 1 fully saturated rings. The number of ether oxygens (including phenoxy) is 1. The summed E-state index contributed by atoms with van der Waals surface area (Å²) >= 11 is 0. The number of aryl methyl sites for hydroxylation is 2. The third kappa shape index (κ3) is 10.3. The molecule has 0 saturated carbocycles. The number of hydrogen-bond donors (Lipinski definition) is 0. The molecule has 212 valence electrons. The molecule has 1 aliphatic rings. The molecule has 1 amide bonds. The smallest absolute Gasteiger partial charge is 0.260 e. The zero-order chi connectivity index (χ0) is 29.5. The van der Waals surface area contributed by atoms with Crippen LogP contribution in [-0.2, 0) is 4.79 Å². The number of rotatable bonds is 7. The Hall–Kier alpha value is -3.96. The van der Waals surface area contributed by atoms with Crippen LogP contribution in [0.5, 0.6) is 5.75 Å². The van der Waals surface area contributed by atoms with Crippen LogP contribution in [0.2, 0.25) is 0 Å². The Bertz CT molecular complexity index is 1230. The Morgan fingerprint density at radius 1 is 0.850 bits per heavy atom. The fourth-order valence-electron chi connectivity index (χ4n) is 4.24. The first-order valence-electron chi connectivity index (χ1n) is 13.8. The molecule has 0 aliphatic carbocycles. The van der Waals surface area contributed by atoms with Crippen molar-refractivity contribution < 1.29 is 9.53 Å². The Morgan fingerprint density at radius 2 is 1.40 bits per heavy atom. The molecule has 1 atom stereocenters. The Morgan fingerprint density at radius 3 is 1.95 bits per heavy atom. The lowest BCUT2D eigenvalue weighted by atomic mass is 10.1. The molecule has 0 aromatic heterocycles. The molecule has 0 bridgehead atoms. The van der Waals surface area contributed by atoms with E-state index in [1.54, 1.807) is 0 Å². The van der Waals surface area contributed by atoms with Crippen molar-refractivity contribution in [2.75, 3.05) is 32.8 Å². The highest BCUT2D eigenvalue weighted by atomic mass is 16.5. The largest absolute Gasteiger partial charge is 0.484 e. The maximum atomic E-state index is 12.5. The van der Waals surface area contributed by atoms with Crippen LogP contribution in [0.1, 0.15) is 37.5 Å². The summed E-state index contributed by atoms with van der Waals surface area (Å²) < 4.78 is 5.65. The van der Waals surface area contributed by atoms with Crippen molar-refractivity contribution >= 4 is 22.9 Å². The number of nitrogens with zero attached hydrogens (tertiary/aromatic N) is 3. The van der Waals surface area contributed by atoms with Gasteiger partial charge < -0.3 is 9.64 Å². The van der Waals surface area contributed by atoms with Crippen LogP contribution < -0.4 is 4.74 Å². The van der Waals surface area contributed by atoms with Gasteiger partial charge in [0.15, 0.2) is 6.61 Å². The van der Waals surface area contributed by atoms with E-state index in [-0.39, 0.29) is 18.6 Å². The Kier molecular flexibility index (Phi) is 13.6. The van der Waals surface area contributed by atoms with Gasteiger partial charge in [0.2, 0.25) is 0 Å². The van der Waals surface area contributed by atoms with E-state index in [2.05, 4.69) is 63.6 Å². The van der Waals surface area contributed by atoms with Gasteiger partial charge in [-0.1, -0.05) is 78.4 Å². The van der Waals surface area contributed by atoms with Gasteiger partial charge >= 0.3 is 0 Å². The summed E-state index contributed by atoms with van der Waals surface area (Å²) in [6.07, 6.45) is 0. The second kappa shape index (κ2) is 16.9. The molecule has 40 heavy (non-hydrogen) atoms. The van der Waals surface area contributed by atoms with Gasteiger partial charge in [0.25, 0.3) is 5.91 Å². The number of piperazine rings is 1. The van der Waals surface area contributed by atoms with Gasteiger partial charge in [-0.25, -0.2) is 0 Å². The van der Waals surface area contributed by atoms with Crippen LogP contribution in [0.3, 0.4) is 0 Å². The van der Waals surface area contributed by atoms with Crippen molar-refractivity contribution in [3.63, 3.8) is 0 Å². The minimum atomic E-state index is 0.0358. The van der Waals surface area contributed by atoms with E-state index in [1.165, 1.54) is 11.1 Å². The zero-order valence-corrected chi connectivity index (χ0v) is 24.9. The molecule has 1 heterocycles. The molecule has 1 aliphatic heterocycles.